The molecule has 0 heterocycles. The van der Waals surface area contributed by atoms with Crippen molar-refractivity contribution in [2.24, 2.45) is 0 Å². The van der Waals surface area contributed by atoms with Crippen LogP contribution >= 0.6 is 0 Å². The normalized spacial score (nSPS) is 14.4. The van der Waals surface area contributed by atoms with Crippen molar-refractivity contribution in [3.05, 3.63) is 60.2 Å². The number of hydrogen-bond donors (Lipinski definition) is 1. The minimum Gasteiger partial charge on any atom is -0.508 e. The predicted octanol–water partition coefficient (Wildman–Crippen LogP) is 4.66. The van der Waals surface area contributed by atoms with Crippen molar-refractivity contribution in [1.29, 1.82) is 0 Å². The van der Waals surface area contributed by atoms with Gasteiger partial charge in [0.25, 0.3) is 0 Å². The number of aryl methyl sites for hydroxylation is 1. The summed E-state index contributed by atoms with van der Waals surface area (Å²) < 4.78 is 6.69. The fourth-order valence-corrected chi connectivity index (χ4v) is 11.4. The minimum absolute atomic E-state index is 0.404. The van der Waals surface area contributed by atoms with Gasteiger partial charge in [-0.25, -0.2) is 0 Å². The lowest BCUT2D eigenvalue weighted by Crippen LogP contribution is -2.53. The molecule has 1 atom stereocenters. The summed E-state index contributed by atoms with van der Waals surface area (Å²) in [5.74, 6) is 0.404. The summed E-state index contributed by atoms with van der Waals surface area (Å²) in [6, 6.07) is 19.4. The number of hydrogen-bond acceptors (Lipinski definition) is 2. The molecule has 0 fully saturated rings. The van der Waals surface area contributed by atoms with Crippen molar-refractivity contribution in [1.82, 2.24) is 0 Å². The molecule has 23 heavy (non-hydrogen) atoms. The highest BCUT2D eigenvalue weighted by Gasteiger charge is 2.35. The number of benzene rings is 2. The molecule has 0 bridgehead atoms. The zero-order chi connectivity index (χ0) is 16.9. The smallest absolute Gasteiger partial charge is 0.209 e. The van der Waals surface area contributed by atoms with Gasteiger partial charge < -0.3 is 9.22 Å². The first-order valence-electron chi connectivity index (χ1n) is 8.33. The minimum atomic E-state index is -1.95. The molecule has 1 unspecified atom stereocenters. The number of aromatic hydroxyl groups is 1. The topological polar surface area (TPSA) is 29.5 Å². The fourth-order valence-electron chi connectivity index (χ4n) is 3.06. The predicted molar refractivity (Wildman–Crippen MR) is 103 cm³/mol. The molecule has 1 N–H and O–H groups in total. The van der Waals surface area contributed by atoms with Gasteiger partial charge in [-0.3, -0.25) is 0 Å². The van der Waals surface area contributed by atoms with Crippen LogP contribution in [0.15, 0.2) is 54.6 Å². The lowest BCUT2D eigenvalue weighted by molar-refractivity contribution is 0.467. The van der Waals surface area contributed by atoms with E-state index in [0.717, 1.165) is 24.4 Å². The Labute approximate surface area is 142 Å². The fraction of sp³-hybridized carbons (Fsp3) is 0.368. The molecule has 4 heteroatoms. The third-order valence-electron chi connectivity index (χ3n) is 4.01. The molecule has 0 saturated heterocycles. The van der Waals surface area contributed by atoms with Crippen LogP contribution < -0.4 is 5.19 Å². The van der Waals surface area contributed by atoms with Gasteiger partial charge in [-0.15, -0.1) is 0 Å². The molecule has 0 aliphatic heterocycles. The van der Waals surface area contributed by atoms with Crippen molar-refractivity contribution < 1.29 is 9.22 Å². The second-order valence-electron chi connectivity index (χ2n) is 7.29. The first-order valence-corrected chi connectivity index (χ1v) is 14.4. The van der Waals surface area contributed by atoms with Crippen molar-refractivity contribution in [3.8, 4) is 5.75 Å². The van der Waals surface area contributed by atoms with E-state index in [1.165, 1.54) is 5.19 Å². The molecule has 2 rings (SSSR count). The molecular formula is C19H28O2Si2. The summed E-state index contributed by atoms with van der Waals surface area (Å²) in [5.41, 5.74) is 1.03. The molecule has 0 spiro atoms. The molecule has 0 saturated carbocycles. The molecule has 2 aromatic carbocycles. The molecule has 0 aliphatic carbocycles. The quantitative estimate of drug-likeness (QED) is 0.740. The zero-order valence-electron chi connectivity index (χ0n) is 14.7. The van der Waals surface area contributed by atoms with E-state index in [9.17, 15) is 5.11 Å². The van der Waals surface area contributed by atoms with E-state index in [4.69, 9.17) is 4.12 Å². The maximum Gasteiger partial charge on any atom is 0.209 e. The van der Waals surface area contributed by atoms with Gasteiger partial charge in [0.2, 0.25) is 8.32 Å². The van der Waals surface area contributed by atoms with Gasteiger partial charge in [0.15, 0.2) is 8.32 Å². The van der Waals surface area contributed by atoms with Gasteiger partial charge in [0, 0.05) is 0 Å². The largest absolute Gasteiger partial charge is 0.508 e. The highest BCUT2D eigenvalue weighted by Crippen LogP contribution is 2.24. The molecule has 0 aromatic heterocycles. The van der Waals surface area contributed by atoms with Gasteiger partial charge in [0.05, 0.1) is 0 Å². The van der Waals surface area contributed by atoms with E-state index in [1.54, 1.807) is 6.07 Å². The van der Waals surface area contributed by atoms with Gasteiger partial charge in [-0.2, -0.15) is 0 Å². The Balaban J connectivity index is 2.11. The average Bonchev–Trinajstić information content (AvgIpc) is 2.48. The van der Waals surface area contributed by atoms with Gasteiger partial charge in [0.1, 0.15) is 5.75 Å². The maximum absolute atomic E-state index is 9.93. The maximum atomic E-state index is 9.93. The Kier molecular flexibility index (Phi) is 5.84. The monoisotopic (exact) mass is 344 g/mol. The van der Waals surface area contributed by atoms with Crippen LogP contribution in [0.5, 0.6) is 5.75 Å². The van der Waals surface area contributed by atoms with Crippen molar-refractivity contribution >= 4 is 21.8 Å². The van der Waals surface area contributed by atoms with Crippen LogP contribution in [-0.2, 0) is 10.5 Å². The summed E-state index contributed by atoms with van der Waals surface area (Å²) in [7, 11) is -3.56. The molecule has 124 valence electrons. The second kappa shape index (κ2) is 7.47. The van der Waals surface area contributed by atoms with Crippen LogP contribution in [0.4, 0.5) is 0 Å². The Hall–Kier alpha value is -1.37. The van der Waals surface area contributed by atoms with Crippen LogP contribution in [0.2, 0.25) is 32.2 Å². The van der Waals surface area contributed by atoms with Crippen LogP contribution in [0, 0.1) is 0 Å². The molecule has 0 radical (unpaired) electrons. The lowest BCUT2D eigenvalue weighted by atomic mass is 10.1. The summed E-state index contributed by atoms with van der Waals surface area (Å²) in [6.45, 7) is 9.14. The van der Waals surface area contributed by atoms with E-state index in [1.807, 2.05) is 18.2 Å². The van der Waals surface area contributed by atoms with Crippen LogP contribution in [0.25, 0.3) is 0 Å². The Morgan fingerprint density at radius 2 is 1.48 bits per heavy atom. The van der Waals surface area contributed by atoms with Crippen molar-refractivity contribution in [2.45, 2.75) is 45.1 Å². The van der Waals surface area contributed by atoms with Crippen LogP contribution in [-0.4, -0.2) is 21.7 Å². The number of rotatable bonds is 7. The molecule has 0 aliphatic rings. The number of phenols is 1. The Bertz CT molecular complexity index is 623. The standard InChI is InChI=1S/C19H28O2Si2/c1-22(2,3)21-23(4,18-13-6-5-7-14-18)16-10-12-17-11-8-9-15-19(17)20/h5-9,11,13-15,20H,10,12,16H2,1-4H3. The average molecular weight is 345 g/mol. The van der Waals surface area contributed by atoms with Crippen LogP contribution in [0.3, 0.4) is 0 Å². The first-order chi connectivity index (χ1) is 10.8. The highest BCUT2D eigenvalue weighted by molar-refractivity contribution is 6.92. The Morgan fingerprint density at radius 1 is 0.870 bits per heavy atom. The van der Waals surface area contributed by atoms with Crippen molar-refractivity contribution in [2.75, 3.05) is 0 Å². The Morgan fingerprint density at radius 3 is 2.09 bits per heavy atom. The van der Waals surface area contributed by atoms with E-state index >= 15 is 0 Å². The molecule has 2 aromatic rings. The van der Waals surface area contributed by atoms with E-state index in [2.05, 4.69) is 56.5 Å². The molecule has 2 nitrogen and oxygen atoms in total. The second-order valence-corrected chi connectivity index (χ2v) is 15.9. The first kappa shape index (κ1) is 18.0. The molecule has 0 amide bonds. The zero-order valence-corrected chi connectivity index (χ0v) is 16.7. The highest BCUT2D eigenvalue weighted by atomic mass is 28.4. The summed E-state index contributed by atoms with van der Waals surface area (Å²) in [6.07, 6.45) is 1.94. The van der Waals surface area contributed by atoms with Gasteiger partial charge in [-0.05, 0) is 61.9 Å². The summed E-state index contributed by atoms with van der Waals surface area (Å²) in [5, 5.41) is 11.3. The summed E-state index contributed by atoms with van der Waals surface area (Å²) in [4.78, 5) is 0. The van der Waals surface area contributed by atoms with Gasteiger partial charge >= 0.3 is 0 Å². The summed E-state index contributed by atoms with van der Waals surface area (Å²) >= 11 is 0. The number of para-hydroxylation sites is 1. The lowest BCUT2D eigenvalue weighted by Gasteiger charge is -2.35. The number of phenolic OH excluding ortho intramolecular Hbond substituents is 1. The van der Waals surface area contributed by atoms with Gasteiger partial charge in [-0.1, -0.05) is 48.5 Å². The van der Waals surface area contributed by atoms with E-state index < -0.39 is 16.6 Å². The molecular weight excluding hydrogens is 316 g/mol. The SMILES string of the molecule is C[Si](C)(C)O[Si](C)(CCCc1ccccc1O)c1ccccc1. The third kappa shape index (κ3) is 5.34. The van der Waals surface area contributed by atoms with E-state index in [-0.39, 0.29) is 0 Å². The third-order valence-corrected chi connectivity index (χ3v) is 11.1. The van der Waals surface area contributed by atoms with Crippen molar-refractivity contribution in [3.63, 3.8) is 0 Å². The van der Waals surface area contributed by atoms with E-state index in [0.29, 0.717) is 5.75 Å². The van der Waals surface area contributed by atoms with Crippen LogP contribution in [0.1, 0.15) is 12.0 Å².